The van der Waals surface area contributed by atoms with Crippen LogP contribution in [-0.2, 0) is 16.1 Å². The number of carbonyl (C=O) groups is 2. The zero-order chi connectivity index (χ0) is 16.1. The van der Waals surface area contributed by atoms with Crippen molar-refractivity contribution in [3.8, 4) is 0 Å². The summed E-state index contributed by atoms with van der Waals surface area (Å²) in [7, 11) is 0. The third kappa shape index (κ3) is 3.91. The number of aryl methyl sites for hydroxylation is 1. The smallest absolute Gasteiger partial charge is 0.409 e. The predicted molar refractivity (Wildman–Crippen MR) is 81.8 cm³/mol. The van der Waals surface area contributed by atoms with Crippen molar-refractivity contribution in [2.45, 2.75) is 26.8 Å². The Bertz CT molecular complexity index is 538. The zero-order valence-corrected chi connectivity index (χ0v) is 13.7. The van der Waals surface area contributed by atoms with E-state index in [0.29, 0.717) is 50.8 Å². The van der Waals surface area contributed by atoms with Gasteiger partial charge in [-0.3, -0.25) is 9.48 Å². The van der Waals surface area contributed by atoms with E-state index in [-0.39, 0.29) is 12.0 Å². The Labute approximate surface area is 134 Å². The van der Waals surface area contributed by atoms with Crippen molar-refractivity contribution in [3.05, 3.63) is 16.9 Å². The molecule has 1 aromatic rings. The van der Waals surface area contributed by atoms with E-state index in [0.717, 1.165) is 5.69 Å². The molecule has 1 aliphatic rings. The molecule has 0 atom stereocenters. The molecule has 2 rings (SSSR count). The molecule has 0 N–H and O–H groups in total. The number of piperazine rings is 1. The van der Waals surface area contributed by atoms with Gasteiger partial charge in [-0.15, -0.1) is 0 Å². The number of carbonyl (C=O) groups excluding carboxylic acids is 2. The Kier molecular flexibility index (Phi) is 5.65. The normalized spacial score (nSPS) is 15.0. The standard InChI is InChI=1S/C14H21ClN4O3/c1-3-22-14(21)18-8-6-17(7-9-18)13(20)4-5-19-11(2)12(15)10-16-19/h10H,3-9H2,1-2H3. The molecule has 0 aliphatic carbocycles. The Morgan fingerprint density at radius 3 is 2.45 bits per heavy atom. The molecule has 7 nitrogen and oxygen atoms in total. The minimum absolute atomic E-state index is 0.0644. The average Bonchev–Trinajstić information content (AvgIpc) is 2.84. The number of rotatable bonds is 4. The summed E-state index contributed by atoms with van der Waals surface area (Å²) >= 11 is 5.94. The van der Waals surface area contributed by atoms with Crippen molar-refractivity contribution in [2.24, 2.45) is 0 Å². The van der Waals surface area contributed by atoms with Gasteiger partial charge in [0.15, 0.2) is 0 Å². The lowest BCUT2D eigenvalue weighted by Crippen LogP contribution is -2.50. The van der Waals surface area contributed by atoms with Crippen LogP contribution in [0.15, 0.2) is 6.20 Å². The lowest BCUT2D eigenvalue weighted by Gasteiger charge is -2.34. The summed E-state index contributed by atoms with van der Waals surface area (Å²) in [4.78, 5) is 27.2. The summed E-state index contributed by atoms with van der Waals surface area (Å²) in [5, 5.41) is 4.74. The van der Waals surface area contributed by atoms with Gasteiger partial charge in [0.25, 0.3) is 0 Å². The fourth-order valence-electron chi connectivity index (χ4n) is 2.36. The van der Waals surface area contributed by atoms with Crippen LogP contribution in [0.25, 0.3) is 0 Å². The number of aromatic nitrogens is 2. The molecule has 2 heterocycles. The van der Waals surface area contributed by atoms with Crippen LogP contribution in [0.3, 0.4) is 0 Å². The Hall–Kier alpha value is -1.76. The van der Waals surface area contributed by atoms with Gasteiger partial charge in [0.1, 0.15) is 0 Å². The van der Waals surface area contributed by atoms with E-state index < -0.39 is 0 Å². The Morgan fingerprint density at radius 1 is 1.27 bits per heavy atom. The second kappa shape index (κ2) is 7.49. The van der Waals surface area contributed by atoms with Gasteiger partial charge in [0.05, 0.1) is 30.1 Å². The van der Waals surface area contributed by atoms with Crippen LogP contribution < -0.4 is 0 Å². The summed E-state index contributed by atoms with van der Waals surface area (Å²) < 4.78 is 6.69. The molecule has 122 valence electrons. The molecule has 8 heteroatoms. The fraction of sp³-hybridized carbons (Fsp3) is 0.643. The monoisotopic (exact) mass is 328 g/mol. The van der Waals surface area contributed by atoms with Crippen LogP contribution in [0.1, 0.15) is 19.0 Å². The van der Waals surface area contributed by atoms with E-state index in [4.69, 9.17) is 16.3 Å². The molecule has 0 spiro atoms. The summed E-state index contributed by atoms with van der Waals surface area (Å²) in [6, 6.07) is 0. The van der Waals surface area contributed by atoms with Crippen molar-refractivity contribution in [1.29, 1.82) is 0 Å². The van der Waals surface area contributed by atoms with E-state index >= 15 is 0 Å². The van der Waals surface area contributed by atoms with Crippen molar-refractivity contribution in [1.82, 2.24) is 19.6 Å². The quantitative estimate of drug-likeness (QED) is 0.840. The van der Waals surface area contributed by atoms with Gasteiger partial charge in [0.2, 0.25) is 5.91 Å². The molecule has 2 amide bonds. The van der Waals surface area contributed by atoms with E-state index in [1.54, 1.807) is 27.6 Å². The van der Waals surface area contributed by atoms with Crippen molar-refractivity contribution in [2.75, 3.05) is 32.8 Å². The summed E-state index contributed by atoms with van der Waals surface area (Å²) in [6.07, 6.45) is 1.65. The van der Waals surface area contributed by atoms with Gasteiger partial charge in [-0.05, 0) is 13.8 Å². The number of ether oxygens (including phenoxy) is 1. The predicted octanol–water partition coefficient (Wildman–Crippen LogP) is 1.54. The minimum atomic E-state index is -0.309. The van der Waals surface area contributed by atoms with Crippen molar-refractivity contribution in [3.63, 3.8) is 0 Å². The number of nitrogens with zero attached hydrogens (tertiary/aromatic N) is 4. The average molecular weight is 329 g/mol. The third-order valence-corrected chi connectivity index (χ3v) is 4.11. The number of hydrogen-bond acceptors (Lipinski definition) is 4. The largest absolute Gasteiger partial charge is 0.450 e. The first-order valence-corrected chi connectivity index (χ1v) is 7.78. The maximum Gasteiger partial charge on any atom is 0.409 e. The number of halogens is 1. The van der Waals surface area contributed by atoms with Crippen LogP contribution in [0.5, 0.6) is 0 Å². The second-order valence-corrected chi connectivity index (χ2v) is 5.53. The molecule has 0 saturated carbocycles. The van der Waals surface area contributed by atoms with E-state index in [1.165, 1.54) is 0 Å². The SMILES string of the molecule is CCOC(=O)N1CCN(C(=O)CCn2ncc(Cl)c2C)CC1. The van der Waals surface area contributed by atoms with Gasteiger partial charge in [-0.1, -0.05) is 11.6 Å². The molecule has 0 bridgehead atoms. The summed E-state index contributed by atoms with van der Waals surface area (Å²) in [6.45, 7) is 6.62. The van der Waals surface area contributed by atoms with Gasteiger partial charge in [-0.2, -0.15) is 5.10 Å². The minimum Gasteiger partial charge on any atom is -0.450 e. The fourth-order valence-corrected chi connectivity index (χ4v) is 2.50. The number of hydrogen-bond donors (Lipinski definition) is 0. The van der Waals surface area contributed by atoms with E-state index in [1.807, 2.05) is 6.92 Å². The maximum atomic E-state index is 12.2. The van der Waals surface area contributed by atoms with Crippen molar-refractivity contribution < 1.29 is 14.3 Å². The molecule has 22 heavy (non-hydrogen) atoms. The highest BCUT2D eigenvalue weighted by atomic mass is 35.5. The first kappa shape index (κ1) is 16.6. The van der Waals surface area contributed by atoms with Crippen LogP contribution in [0, 0.1) is 6.92 Å². The lowest BCUT2D eigenvalue weighted by molar-refractivity contribution is -0.133. The summed E-state index contributed by atoms with van der Waals surface area (Å²) in [5.41, 5.74) is 0.863. The van der Waals surface area contributed by atoms with E-state index in [9.17, 15) is 9.59 Å². The van der Waals surface area contributed by atoms with Crippen LogP contribution in [0.2, 0.25) is 5.02 Å². The summed E-state index contributed by atoms with van der Waals surface area (Å²) in [5.74, 6) is 0.0644. The van der Waals surface area contributed by atoms with Crippen LogP contribution in [-0.4, -0.2) is 64.4 Å². The number of amides is 2. The van der Waals surface area contributed by atoms with Crippen molar-refractivity contribution >= 4 is 23.6 Å². The molecular formula is C14H21ClN4O3. The molecule has 1 saturated heterocycles. The lowest BCUT2D eigenvalue weighted by atomic mass is 10.3. The highest BCUT2D eigenvalue weighted by molar-refractivity contribution is 6.31. The van der Waals surface area contributed by atoms with Crippen LogP contribution >= 0.6 is 11.6 Å². The molecule has 1 fully saturated rings. The zero-order valence-electron chi connectivity index (χ0n) is 12.9. The molecule has 0 aromatic carbocycles. The molecule has 1 aliphatic heterocycles. The second-order valence-electron chi connectivity index (χ2n) is 5.12. The third-order valence-electron chi connectivity index (χ3n) is 3.74. The molecular weight excluding hydrogens is 308 g/mol. The topological polar surface area (TPSA) is 67.7 Å². The first-order chi connectivity index (χ1) is 10.5. The Morgan fingerprint density at radius 2 is 1.91 bits per heavy atom. The highest BCUT2D eigenvalue weighted by Gasteiger charge is 2.24. The van der Waals surface area contributed by atoms with E-state index in [2.05, 4.69) is 5.10 Å². The molecule has 0 radical (unpaired) electrons. The van der Waals surface area contributed by atoms with Gasteiger partial charge in [0, 0.05) is 32.6 Å². The first-order valence-electron chi connectivity index (χ1n) is 7.40. The van der Waals surface area contributed by atoms with Gasteiger partial charge in [-0.25, -0.2) is 4.79 Å². The van der Waals surface area contributed by atoms with Gasteiger partial charge < -0.3 is 14.5 Å². The molecule has 1 aromatic heterocycles. The van der Waals surface area contributed by atoms with Crippen LogP contribution in [0.4, 0.5) is 4.79 Å². The Balaban J connectivity index is 1.78. The highest BCUT2D eigenvalue weighted by Crippen LogP contribution is 2.14. The maximum absolute atomic E-state index is 12.2. The van der Waals surface area contributed by atoms with Gasteiger partial charge >= 0.3 is 6.09 Å². The molecule has 0 unspecified atom stereocenters.